The first-order valence-electron chi connectivity index (χ1n) is 4.20. The molecule has 76 valence electrons. The van der Waals surface area contributed by atoms with Gasteiger partial charge >= 0.3 is 5.97 Å². The van der Waals surface area contributed by atoms with E-state index in [4.69, 9.17) is 16.7 Å². The van der Waals surface area contributed by atoms with Crippen molar-refractivity contribution in [3.63, 3.8) is 0 Å². The molecule has 2 heterocycles. The van der Waals surface area contributed by atoms with Crippen molar-refractivity contribution in [1.29, 1.82) is 0 Å². The van der Waals surface area contributed by atoms with Crippen molar-refractivity contribution in [2.45, 2.75) is 6.54 Å². The molecule has 0 spiro atoms. The fraction of sp³-hybridized carbons (Fsp3) is 0.500. The molecule has 0 atom stereocenters. The van der Waals surface area contributed by atoms with Crippen LogP contribution in [0.3, 0.4) is 0 Å². The first kappa shape index (κ1) is 9.89. The van der Waals surface area contributed by atoms with E-state index in [0.717, 1.165) is 11.4 Å². The zero-order valence-electron chi connectivity index (χ0n) is 7.31. The predicted molar refractivity (Wildman–Crippen MR) is 53.5 cm³/mol. The Bertz CT molecular complexity index is 349. The largest absolute Gasteiger partial charge is 0.481 e. The maximum Gasteiger partial charge on any atom is 0.309 e. The molecule has 0 unspecified atom stereocenters. The van der Waals surface area contributed by atoms with Gasteiger partial charge in [0.05, 0.1) is 5.92 Å². The van der Waals surface area contributed by atoms with Crippen LogP contribution in [0.5, 0.6) is 0 Å². The Morgan fingerprint density at radius 3 is 3.00 bits per heavy atom. The smallest absolute Gasteiger partial charge is 0.309 e. The third kappa shape index (κ3) is 2.05. The molecule has 1 saturated heterocycles. The molecular formula is C8H9ClN2O2S. The monoisotopic (exact) mass is 232 g/mol. The molecule has 0 bridgehead atoms. The van der Waals surface area contributed by atoms with E-state index in [1.54, 1.807) is 6.20 Å². The SMILES string of the molecule is O=C(O)C1CN(Cc2cnc(Cl)s2)C1. The lowest BCUT2D eigenvalue weighted by atomic mass is 10.0. The van der Waals surface area contributed by atoms with Crippen LogP contribution in [0.15, 0.2) is 6.20 Å². The van der Waals surface area contributed by atoms with Crippen molar-refractivity contribution < 1.29 is 9.90 Å². The lowest BCUT2D eigenvalue weighted by molar-refractivity contribution is -0.147. The van der Waals surface area contributed by atoms with Gasteiger partial charge in [0.1, 0.15) is 0 Å². The van der Waals surface area contributed by atoms with Crippen molar-refractivity contribution in [3.8, 4) is 0 Å². The van der Waals surface area contributed by atoms with Crippen LogP contribution < -0.4 is 0 Å². The topological polar surface area (TPSA) is 53.4 Å². The van der Waals surface area contributed by atoms with Crippen LogP contribution in [0.2, 0.25) is 4.47 Å². The number of hydrogen-bond donors (Lipinski definition) is 1. The molecule has 1 fully saturated rings. The summed E-state index contributed by atoms with van der Waals surface area (Å²) in [6.07, 6.45) is 1.74. The van der Waals surface area contributed by atoms with Crippen molar-refractivity contribution in [3.05, 3.63) is 15.5 Å². The van der Waals surface area contributed by atoms with E-state index in [-0.39, 0.29) is 5.92 Å². The summed E-state index contributed by atoms with van der Waals surface area (Å²) in [5.41, 5.74) is 0. The van der Waals surface area contributed by atoms with E-state index in [1.807, 2.05) is 0 Å². The van der Waals surface area contributed by atoms with Crippen LogP contribution in [0.1, 0.15) is 4.88 Å². The zero-order chi connectivity index (χ0) is 10.1. The second-order valence-electron chi connectivity index (χ2n) is 3.31. The summed E-state index contributed by atoms with van der Waals surface area (Å²) in [5.74, 6) is -0.901. The van der Waals surface area contributed by atoms with Gasteiger partial charge in [-0.2, -0.15) is 0 Å². The van der Waals surface area contributed by atoms with Gasteiger partial charge in [-0.15, -0.1) is 11.3 Å². The predicted octanol–water partition coefficient (Wildman–Crippen LogP) is 1.31. The van der Waals surface area contributed by atoms with E-state index in [2.05, 4.69) is 9.88 Å². The lowest BCUT2D eigenvalue weighted by Gasteiger charge is -2.36. The molecule has 0 aliphatic carbocycles. The molecule has 14 heavy (non-hydrogen) atoms. The van der Waals surface area contributed by atoms with Crippen LogP contribution in [0, 0.1) is 5.92 Å². The highest BCUT2D eigenvalue weighted by atomic mass is 35.5. The standard InChI is InChI=1S/C8H9ClN2O2S/c9-8-10-1-6(14-8)4-11-2-5(3-11)7(12)13/h1,5H,2-4H2,(H,12,13). The van der Waals surface area contributed by atoms with Crippen molar-refractivity contribution >= 4 is 28.9 Å². The average Bonchev–Trinajstić information content (AvgIpc) is 2.42. The second kappa shape index (κ2) is 3.84. The Hall–Kier alpha value is -0.650. The fourth-order valence-electron chi connectivity index (χ4n) is 1.43. The van der Waals surface area contributed by atoms with Gasteiger partial charge in [0.25, 0.3) is 0 Å². The summed E-state index contributed by atoms with van der Waals surface area (Å²) in [6, 6.07) is 0. The van der Waals surface area contributed by atoms with Gasteiger partial charge < -0.3 is 5.11 Å². The molecule has 1 aliphatic heterocycles. The van der Waals surface area contributed by atoms with E-state index >= 15 is 0 Å². The molecule has 2 rings (SSSR count). The van der Waals surface area contributed by atoms with Crippen molar-refractivity contribution in [2.75, 3.05) is 13.1 Å². The van der Waals surface area contributed by atoms with Gasteiger partial charge in [0, 0.05) is 30.7 Å². The van der Waals surface area contributed by atoms with Gasteiger partial charge in [-0.1, -0.05) is 11.6 Å². The molecule has 4 nitrogen and oxygen atoms in total. The van der Waals surface area contributed by atoms with Crippen molar-refractivity contribution in [2.24, 2.45) is 5.92 Å². The van der Waals surface area contributed by atoms with Crippen LogP contribution in [-0.2, 0) is 11.3 Å². The zero-order valence-corrected chi connectivity index (χ0v) is 8.88. The highest BCUT2D eigenvalue weighted by molar-refractivity contribution is 7.15. The van der Waals surface area contributed by atoms with Gasteiger partial charge in [-0.3, -0.25) is 9.69 Å². The number of nitrogens with zero attached hydrogens (tertiary/aromatic N) is 2. The minimum atomic E-state index is -0.705. The van der Waals surface area contributed by atoms with Crippen molar-refractivity contribution in [1.82, 2.24) is 9.88 Å². The number of thiazole rings is 1. The third-order valence-corrected chi connectivity index (χ3v) is 3.31. The molecule has 1 aromatic rings. The Morgan fingerprint density at radius 1 is 1.79 bits per heavy atom. The summed E-state index contributed by atoms with van der Waals surface area (Å²) in [6.45, 7) is 2.02. The number of aromatic nitrogens is 1. The summed E-state index contributed by atoms with van der Waals surface area (Å²) in [4.78, 5) is 17.6. The van der Waals surface area contributed by atoms with E-state index in [9.17, 15) is 4.79 Å². The molecule has 1 aliphatic rings. The van der Waals surface area contributed by atoms with Crippen LogP contribution in [0.25, 0.3) is 0 Å². The number of halogens is 1. The molecular weight excluding hydrogens is 224 g/mol. The summed E-state index contributed by atoms with van der Waals surface area (Å²) >= 11 is 7.12. The summed E-state index contributed by atoms with van der Waals surface area (Å²) < 4.78 is 0.537. The minimum Gasteiger partial charge on any atom is -0.481 e. The summed E-state index contributed by atoms with van der Waals surface area (Å²) in [7, 11) is 0. The van der Waals surface area contributed by atoms with Crippen LogP contribution >= 0.6 is 22.9 Å². The van der Waals surface area contributed by atoms with Crippen LogP contribution in [-0.4, -0.2) is 34.0 Å². The molecule has 0 radical (unpaired) electrons. The minimum absolute atomic E-state index is 0.196. The fourth-order valence-corrected chi connectivity index (χ4v) is 2.45. The molecule has 1 N–H and O–H groups in total. The Balaban J connectivity index is 1.82. The molecule has 0 aromatic carbocycles. The van der Waals surface area contributed by atoms with E-state index in [0.29, 0.717) is 17.6 Å². The average molecular weight is 233 g/mol. The number of carbonyl (C=O) groups is 1. The normalized spacial score (nSPS) is 18.1. The molecule has 0 saturated carbocycles. The second-order valence-corrected chi connectivity index (χ2v) is 5.01. The molecule has 0 amide bonds. The number of rotatable bonds is 3. The number of carboxylic acid groups (broad SMARTS) is 1. The van der Waals surface area contributed by atoms with Gasteiger partial charge in [-0.05, 0) is 0 Å². The highest BCUT2D eigenvalue weighted by Gasteiger charge is 2.32. The lowest BCUT2D eigenvalue weighted by Crippen LogP contribution is -2.49. The molecule has 6 heteroatoms. The number of likely N-dealkylation sites (tertiary alicyclic amines) is 1. The molecule has 1 aromatic heterocycles. The third-order valence-electron chi connectivity index (χ3n) is 2.21. The van der Waals surface area contributed by atoms with Gasteiger partial charge in [-0.25, -0.2) is 4.98 Å². The first-order chi connectivity index (χ1) is 6.65. The Labute approximate surface area is 90.1 Å². The highest BCUT2D eigenvalue weighted by Crippen LogP contribution is 2.23. The quantitative estimate of drug-likeness (QED) is 0.854. The van der Waals surface area contributed by atoms with Gasteiger partial charge in [0.15, 0.2) is 4.47 Å². The number of hydrogen-bond acceptors (Lipinski definition) is 4. The van der Waals surface area contributed by atoms with Gasteiger partial charge in [0.2, 0.25) is 0 Å². The van der Waals surface area contributed by atoms with E-state index < -0.39 is 5.97 Å². The van der Waals surface area contributed by atoms with E-state index in [1.165, 1.54) is 11.3 Å². The maximum atomic E-state index is 10.5. The Morgan fingerprint density at radius 2 is 2.50 bits per heavy atom. The first-order valence-corrected chi connectivity index (χ1v) is 5.40. The number of carboxylic acids is 1. The maximum absolute atomic E-state index is 10.5. The Kier molecular flexibility index (Phi) is 2.71. The summed E-state index contributed by atoms with van der Waals surface area (Å²) in [5, 5.41) is 8.66. The number of aliphatic carboxylic acids is 1. The van der Waals surface area contributed by atoms with Crippen LogP contribution in [0.4, 0.5) is 0 Å².